The summed E-state index contributed by atoms with van der Waals surface area (Å²) < 4.78 is 36.3. The number of halogens is 3. The zero-order valence-corrected chi connectivity index (χ0v) is 9.10. The minimum absolute atomic E-state index is 0.436. The number of nitrogen functional groups attached to an aromatic ring is 1. The summed E-state index contributed by atoms with van der Waals surface area (Å²) in [5.74, 6) is 0.436. The average molecular weight is 233 g/mol. The minimum atomic E-state index is -4.17. The van der Waals surface area contributed by atoms with E-state index in [-0.39, 0.29) is 0 Å². The molecule has 0 bridgehead atoms. The highest BCUT2D eigenvalue weighted by atomic mass is 19.4. The van der Waals surface area contributed by atoms with Gasteiger partial charge >= 0.3 is 6.18 Å². The molecule has 0 spiro atoms. The van der Waals surface area contributed by atoms with Crippen LogP contribution in [-0.2, 0) is 0 Å². The first-order chi connectivity index (χ1) is 7.28. The summed E-state index contributed by atoms with van der Waals surface area (Å²) >= 11 is 0. The van der Waals surface area contributed by atoms with E-state index >= 15 is 0 Å². The second kappa shape index (κ2) is 4.59. The van der Waals surface area contributed by atoms with Crippen LogP contribution in [0.15, 0.2) is 12.3 Å². The SMILES string of the molecule is Cc1cc(N)cnc1NC(C)CC(F)(F)F. The second-order valence-corrected chi connectivity index (χ2v) is 3.80. The van der Waals surface area contributed by atoms with Gasteiger partial charge in [0.2, 0.25) is 0 Å². The average Bonchev–Trinajstić information content (AvgIpc) is 2.06. The van der Waals surface area contributed by atoms with E-state index in [1.165, 1.54) is 13.1 Å². The van der Waals surface area contributed by atoms with Crippen LogP contribution >= 0.6 is 0 Å². The highest BCUT2D eigenvalue weighted by Gasteiger charge is 2.30. The van der Waals surface area contributed by atoms with Gasteiger partial charge in [-0.1, -0.05) is 0 Å². The maximum atomic E-state index is 12.1. The van der Waals surface area contributed by atoms with Gasteiger partial charge in [-0.2, -0.15) is 13.2 Å². The molecule has 3 nitrogen and oxygen atoms in total. The molecule has 90 valence electrons. The Morgan fingerprint density at radius 1 is 1.50 bits per heavy atom. The second-order valence-electron chi connectivity index (χ2n) is 3.80. The van der Waals surface area contributed by atoms with Crippen LogP contribution in [0.5, 0.6) is 0 Å². The summed E-state index contributed by atoms with van der Waals surface area (Å²) in [6, 6.07) is 0.949. The molecule has 1 rings (SSSR count). The summed E-state index contributed by atoms with van der Waals surface area (Å²) in [6.07, 6.45) is -3.65. The van der Waals surface area contributed by atoms with Crippen LogP contribution in [0.2, 0.25) is 0 Å². The van der Waals surface area contributed by atoms with E-state index in [0.29, 0.717) is 11.5 Å². The van der Waals surface area contributed by atoms with Crippen molar-refractivity contribution >= 4 is 11.5 Å². The van der Waals surface area contributed by atoms with Crippen molar-refractivity contribution in [2.75, 3.05) is 11.1 Å². The Hall–Kier alpha value is -1.46. The van der Waals surface area contributed by atoms with Crippen LogP contribution in [0.4, 0.5) is 24.7 Å². The summed E-state index contributed by atoms with van der Waals surface area (Å²) in [6.45, 7) is 3.21. The molecule has 0 aliphatic carbocycles. The molecule has 6 heteroatoms. The standard InChI is InChI=1S/C10H14F3N3/c1-6-3-8(14)5-15-9(6)16-7(2)4-10(11,12)13/h3,5,7H,4,14H2,1-2H3,(H,15,16). The topological polar surface area (TPSA) is 50.9 Å². The van der Waals surface area contributed by atoms with Crippen molar-refractivity contribution in [2.45, 2.75) is 32.5 Å². The van der Waals surface area contributed by atoms with Gasteiger partial charge in [-0.15, -0.1) is 0 Å². The number of nitrogens with one attached hydrogen (secondary N) is 1. The summed E-state index contributed by atoms with van der Waals surface area (Å²) in [5, 5.41) is 2.71. The first-order valence-corrected chi connectivity index (χ1v) is 4.83. The fraction of sp³-hybridized carbons (Fsp3) is 0.500. The largest absolute Gasteiger partial charge is 0.397 e. The van der Waals surface area contributed by atoms with Crippen molar-refractivity contribution in [2.24, 2.45) is 0 Å². The van der Waals surface area contributed by atoms with E-state index in [0.717, 1.165) is 5.56 Å². The number of rotatable bonds is 3. The highest BCUT2D eigenvalue weighted by molar-refractivity contribution is 5.51. The number of anilines is 2. The summed E-state index contributed by atoms with van der Waals surface area (Å²) in [4.78, 5) is 3.94. The van der Waals surface area contributed by atoms with E-state index < -0.39 is 18.6 Å². The fourth-order valence-electron chi connectivity index (χ4n) is 1.38. The normalized spacial score (nSPS) is 13.6. The van der Waals surface area contributed by atoms with Gasteiger partial charge in [0.15, 0.2) is 0 Å². The number of hydrogen-bond acceptors (Lipinski definition) is 3. The number of pyridine rings is 1. The van der Waals surface area contributed by atoms with Crippen molar-refractivity contribution in [3.8, 4) is 0 Å². The number of alkyl halides is 3. The quantitative estimate of drug-likeness (QED) is 0.843. The van der Waals surface area contributed by atoms with Gasteiger partial charge in [-0.05, 0) is 25.5 Å². The highest BCUT2D eigenvalue weighted by Crippen LogP contribution is 2.23. The third-order valence-corrected chi connectivity index (χ3v) is 2.02. The third-order valence-electron chi connectivity index (χ3n) is 2.02. The first kappa shape index (κ1) is 12.6. The maximum Gasteiger partial charge on any atom is 0.391 e. The third kappa shape index (κ3) is 3.96. The van der Waals surface area contributed by atoms with E-state index in [4.69, 9.17) is 5.73 Å². The van der Waals surface area contributed by atoms with Gasteiger partial charge in [-0.25, -0.2) is 4.98 Å². The minimum Gasteiger partial charge on any atom is -0.397 e. The molecule has 0 radical (unpaired) electrons. The Morgan fingerprint density at radius 2 is 2.12 bits per heavy atom. The van der Waals surface area contributed by atoms with Crippen LogP contribution in [0, 0.1) is 6.92 Å². The monoisotopic (exact) mass is 233 g/mol. The van der Waals surface area contributed by atoms with Gasteiger partial charge in [0.25, 0.3) is 0 Å². The molecule has 0 amide bonds. The number of aryl methyl sites for hydroxylation is 1. The molecule has 16 heavy (non-hydrogen) atoms. The Bertz CT molecular complexity index is 363. The van der Waals surface area contributed by atoms with Crippen molar-refractivity contribution in [3.05, 3.63) is 17.8 Å². The molecule has 0 aliphatic heterocycles. The number of nitrogens with zero attached hydrogens (tertiary/aromatic N) is 1. The Morgan fingerprint density at radius 3 is 2.62 bits per heavy atom. The molecular weight excluding hydrogens is 219 g/mol. The zero-order chi connectivity index (χ0) is 12.3. The van der Waals surface area contributed by atoms with Gasteiger partial charge in [0.1, 0.15) is 5.82 Å². The lowest BCUT2D eigenvalue weighted by atomic mass is 10.2. The van der Waals surface area contributed by atoms with E-state index in [9.17, 15) is 13.2 Å². The predicted molar refractivity (Wildman–Crippen MR) is 57.1 cm³/mol. The van der Waals surface area contributed by atoms with Crippen molar-refractivity contribution in [1.82, 2.24) is 4.98 Å². The smallest absolute Gasteiger partial charge is 0.391 e. The molecule has 1 aromatic rings. The van der Waals surface area contributed by atoms with Crippen LogP contribution in [0.25, 0.3) is 0 Å². The van der Waals surface area contributed by atoms with Gasteiger partial charge in [-0.3, -0.25) is 0 Å². The number of hydrogen-bond donors (Lipinski definition) is 2. The Labute approximate surface area is 91.9 Å². The van der Waals surface area contributed by atoms with Crippen molar-refractivity contribution in [1.29, 1.82) is 0 Å². The molecule has 0 aromatic carbocycles. The number of nitrogens with two attached hydrogens (primary N) is 1. The summed E-state index contributed by atoms with van der Waals surface area (Å²) in [5.41, 5.74) is 6.71. The van der Waals surface area contributed by atoms with Crippen molar-refractivity contribution in [3.63, 3.8) is 0 Å². The lowest BCUT2D eigenvalue weighted by Gasteiger charge is -2.17. The van der Waals surface area contributed by atoms with Crippen LogP contribution in [0.1, 0.15) is 18.9 Å². The molecule has 0 saturated carbocycles. The molecule has 3 N–H and O–H groups in total. The van der Waals surface area contributed by atoms with Crippen LogP contribution < -0.4 is 11.1 Å². The molecular formula is C10H14F3N3. The predicted octanol–water partition coefficient (Wildman–Crippen LogP) is 2.73. The van der Waals surface area contributed by atoms with Crippen LogP contribution in [0.3, 0.4) is 0 Å². The molecule has 0 fully saturated rings. The number of aromatic nitrogens is 1. The maximum absolute atomic E-state index is 12.1. The molecule has 1 atom stereocenters. The Balaban J connectivity index is 2.66. The molecule has 1 unspecified atom stereocenters. The van der Waals surface area contributed by atoms with Crippen LogP contribution in [-0.4, -0.2) is 17.2 Å². The molecule has 0 aliphatic rings. The Kier molecular flexibility index (Phi) is 3.62. The van der Waals surface area contributed by atoms with Crippen molar-refractivity contribution < 1.29 is 13.2 Å². The lowest BCUT2D eigenvalue weighted by molar-refractivity contribution is -0.136. The van der Waals surface area contributed by atoms with Gasteiger partial charge in [0, 0.05) is 6.04 Å². The van der Waals surface area contributed by atoms with Gasteiger partial charge in [0.05, 0.1) is 18.3 Å². The molecule has 0 saturated heterocycles. The molecule has 1 aromatic heterocycles. The molecule has 1 heterocycles. The van der Waals surface area contributed by atoms with E-state index in [1.807, 2.05) is 0 Å². The van der Waals surface area contributed by atoms with E-state index in [1.54, 1.807) is 13.0 Å². The lowest BCUT2D eigenvalue weighted by Crippen LogP contribution is -2.24. The fourth-order valence-corrected chi connectivity index (χ4v) is 1.38. The summed E-state index contributed by atoms with van der Waals surface area (Å²) in [7, 11) is 0. The zero-order valence-electron chi connectivity index (χ0n) is 9.10. The van der Waals surface area contributed by atoms with E-state index in [2.05, 4.69) is 10.3 Å². The first-order valence-electron chi connectivity index (χ1n) is 4.83. The van der Waals surface area contributed by atoms with Gasteiger partial charge < -0.3 is 11.1 Å².